The standard InChI is InChI=1S/C24H30O2/c1-16(17-9-7-10-18(15-17)22(25)26-6)19-11-8-12-20-21(19)24(4,5)14-13-23(20,2)3/h7-12,15-16H,13-14H2,1-6H3. The fourth-order valence-electron chi connectivity index (χ4n) is 4.37. The molecule has 0 aromatic heterocycles. The molecule has 0 heterocycles. The third kappa shape index (κ3) is 3.18. The Bertz CT molecular complexity index is 830. The van der Waals surface area contributed by atoms with Crippen molar-refractivity contribution in [1.82, 2.24) is 0 Å². The monoisotopic (exact) mass is 350 g/mol. The molecule has 0 saturated carbocycles. The van der Waals surface area contributed by atoms with Crippen molar-refractivity contribution in [2.75, 3.05) is 7.11 Å². The molecule has 2 heteroatoms. The van der Waals surface area contributed by atoms with Gasteiger partial charge in [-0.15, -0.1) is 0 Å². The summed E-state index contributed by atoms with van der Waals surface area (Å²) in [4.78, 5) is 11.9. The van der Waals surface area contributed by atoms with Gasteiger partial charge in [0.05, 0.1) is 12.7 Å². The molecule has 0 spiro atoms. The van der Waals surface area contributed by atoms with Gasteiger partial charge in [-0.3, -0.25) is 0 Å². The zero-order valence-corrected chi connectivity index (χ0v) is 16.8. The Morgan fingerprint density at radius 1 is 1.00 bits per heavy atom. The van der Waals surface area contributed by atoms with Crippen LogP contribution >= 0.6 is 0 Å². The maximum absolute atomic E-state index is 11.9. The fraction of sp³-hybridized carbons (Fsp3) is 0.458. The molecule has 2 nitrogen and oxygen atoms in total. The summed E-state index contributed by atoms with van der Waals surface area (Å²) in [7, 11) is 1.43. The van der Waals surface area contributed by atoms with Crippen molar-refractivity contribution in [3.63, 3.8) is 0 Å². The Labute approximate surface area is 157 Å². The number of rotatable bonds is 3. The van der Waals surface area contributed by atoms with Crippen molar-refractivity contribution in [3.8, 4) is 0 Å². The van der Waals surface area contributed by atoms with Gasteiger partial charge in [0, 0.05) is 5.92 Å². The molecule has 1 unspecified atom stereocenters. The van der Waals surface area contributed by atoms with E-state index in [0.717, 1.165) is 5.56 Å². The second-order valence-corrected chi connectivity index (χ2v) is 8.88. The van der Waals surface area contributed by atoms with Crippen molar-refractivity contribution in [2.45, 2.75) is 64.2 Å². The minimum atomic E-state index is -0.282. The molecule has 0 bridgehead atoms. The van der Waals surface area contributed by atoms with E-state index in [0.29, 0.717) is 5.56 Å². The van der Waals surface area contributed by atoms with Gasteiger partial charge in [-0.1, -0.05) is 65.0 Å². The zero-order valence-electron chi connectivity index (χ0n) is 16.8. The van der Waals surface area contributed by atoms with E-state index in [9.17, 15) is 4.79 Å². The first-order chi connectivity index (χ1) is 12.2. The molecule has 0 N–H and O–H groups in total. The Balaban J connectivity index is 2.12. The molecule has 0 fully saturated rings. The average Bonchev–Trinajstić information content (AvgIpc) is 2.64. The van der Waals surface area contributed by atoms with Crippen molar-refractivity contribution in [3.05, 3.63) is 70.3 Å². The molecule has 26 heavy (non-hydrogen) atoms. The van der Waals surface area contributed by atoms with Crippen LogP contribution in [0.3, 0.4) is 0 Å². The van der Waals surface area contributed by atoms with Crippen molar-refractivity contribution >= 4 is 5.97 Å². The highest BCUT2D eigenvalue weighted by molar-refractivity contribution is 5.89. The van der Waals surface area contributed by atoms with Crippen LogP contribution in [0.5, 0.6) is 0 Å². The first-order valence-electron chi connectivity index (χ1n) is 9.49. The van der Waals surface area contributed by atoms with E-state index in [1.165, 1.54) is 36.6 Å². The van der Waals surface area contributed by atoms with Crippen molar-refractivity contribution in [1.29, 1.82) is 0 Å². The van der Waals surface area contributed by atoms with Crippen molar-refractivity contribution < 1.29 is 9.53 Å². The SMILES string of the molecule is COC(=O)c1cccc(C(C)c2cccc3c2C(C)(C)CCC3(C)C)c1. The summed E-state index contributed by atoms with van der Waals surface area (Å²) in [5, 5.41) is 0. The number of benzene rings is 2. The molecule has 2 aromatic carbocycles. The zero-order chi connectivity index (χ0) is 19.1. The maximum atomic E-state index is 11.9. The Kier molecular flexibility index (Phi) is 4.72. The van der Waals surface area contributed by atoms with E-state index in [-0.39, 0.29) is 22.7 Å². The number of hydrogen-bond acceptors (Lipinski definition) is 2. The third-order valence-electron chi connectivity index (χ3n) is 6.15. The number of esters is 1. The maximum Gasteiger partial charge on any atom is 0.337 e. The lowest BCUT2D eigenvalue weighted by molar-refractivity contribution is 0.0600. The Morgan fingerprint density at radius 2 is 1.65 bits per heavy atom. The Hall–Kier alpha value is -2.09. The fourth-order valence-corrected chi connectivity index (χ4v) is 4.37. The highest BCUT2D eigenvalue weighted by Crippen LogP contribution is 2.48. The first-order valence-corrected chi connectivity index (χ1v) is 9.49. The summed E-state index contributed by atoms with van der Waals surface area (Å²) >= 11 is 0. The molecular weight excluding hydrogens is 320 g/mol. The van der Waals surface area contributed by atoms with E-state index in [1.54, 1.807) is 0 Å². The summed E-state index contributed by atoms with van der Waals surface area (Å²) in [6, 6.07) is 14.6. The second-order valence-electron chi connectivity index (χ2n) is 8.88. The number of methoxy groups -OCH3 is 1. The molecule has 3 rings (SSSR count). The van der Waals surface area contributed by atoms with Gasteiger partial charge < -0.3 is 4.74 Å². The molecule has 0 aliphatic heterocycles. The minimum Gasteiger partial charge on any atom is -0.465 e. The summed E-state index contributed by atoms with van der Waals surface area (Å²) in [5.41, 5.74) is 6.47. The summed E-state index contributed by atoms with van der Waals surface area (Å²) < 4.78 is 4.89. The number of ether oxygens (including phenoxy) is 1. The van der Waals surface area contributed by atoms with Crippen LogP contribution in [0.4, 0.5) is 0 Å². The van der Waals surface area contributed by atoms with Crippen LogP contribution in [0.15, 0.2) is 42.5 Å². The third-order valence-corrected chi connectivity index (χ3v) is 6.15. The van der Waals surface area contributed by atoms with Crippen LogP contribution in [0.1, 0.15) is 86.0 Å². The molecule has 1 aliphatic carbocycles. The predicted molar refractivity (Wildman–Crippen MR) is 107 cm³/mol. The molecule has 0 radical (unpaired) electrons. The average molecular weight is 351 g/mol. The van der Waals surface area contributed by atoms with Crippen LogP contribution in [-0.4, -0.2) is 13.1 Å². The largest absolute Gasteiger partial charge is 0.465 e. The van der Waals surface area contributed by atoms with Crippen LogP contribution in [-0.2, 0) is 15.6 Å². The highest BCUT2D eigenvalue weighted by Gasteiger charge is 2.39. The van der Waals surface area contributed by atoms with Crippen molar-refractivity contribution in [2.24, 2.45) is 0 Å². The lowest BCUT2D eigenvalue weighted by Crippen LogP contribution is -2.35. The number of carbonyl (C=O) groups is 1. The van der Waals surface area contributed by atoms with E-state index in [1.807, 2.05) is 18.2 Å². The lowest BCUT2D eigenvalue weighted by Gasteiger charge is -2.43. The lowest BCUT2D eigenvalue weighted by atomic mass is 9.61. The summed E-state index contributed by atoms with van der Waals surface area (Å²) in [5.74, 6) is -0.0571. The Morgan fingerprint density at radius 3 is 2.35 bits per heavy atom. The molecular formula is C24H30O2. The number of carbonyl (C=O) groups excluding carboxylic acids is 1. The van der Waals surface area contributed by atoms with Gasteiger partial charge in [0.25, 0.3) is 0 Å². The second kappa shape index (κ2) is 6.57. The van der Waals surface area contributed by atoms with Gasteiger partial charge in [0.2, 0.25) is 0 Å². The van der Waals surface area contributed by atoms with Crippen LogP contribution in [0.2, 0.25) is 0 Å². The predicted octanol–water partition coefficient (Wildman–Crippen LogP) is 5.97. The van der Waals surface area contributed by atoms with Gasteiger partial charge in [0.1, 0.15) is 0 Å². The molecule has 1 atom stereocenters. The van der Waals surface area contributed by atoms with E-state index in [4.69, 9.17) is 4.74 Å². The molecule has 0 amide bonds. The summed E-state index contributed by atoms with van der Waals surface area (Å²) in [6.07, 6.45) is 2.40. The topological polar surface area (TPSA) is 26.3 Å². The first kappa shape index (κ1) is 18.7. The van der Waals surface area contributed by atoms with E-state index in [2.05, 4.69) is 58.9 Å². The molecule has 0 saturated heterocycles. The normalized spacial score (nSPS) is 18.7. The van der Waals surface area contributed by atoms with Gasteiger partial charge >= 0.3 is 5.97 Å². The van der Waals surface area contributed by atoms with Gasteiger partial charge in [0.15, 0.2) is 0 Å². The van der Waals surface area contributed by atoms with E-state index < -0.39 is 0 Å². The number of fused-ring (bicyclic) bond motifs is 1. The molecule has 2 aromatic rings. The number of hydrogen-bond donors (Lipinski definition) is 0. The van der Waals surface area contributed by atoms with Gasteiger partial charge in [-0.2, -0.15) is 0 Å². The molecule has 138 valence electrons. The van der Waals surface area contributed by atoms with Crippen LogP contribution in [0.25, 0.3) is 0 Å². The minimum absolute atomic E-state index is 0.162. The van der Waals surface area contributed by atoms with Crippen LogP contribution in [0, 0.1) is 0 Å². The van der Waals surface area contributed by atoms with Gasteiger partial charge in [-0.05, 0) is 58.1 Å². The summed E-state index contributed by atoms with van der Waals surface area (Å²) in [6.45, 7) is 11.7. The van der Waals surface area contributed by atoms with Gasteiger partial charge in [-0.25, -0.2) is 4.79 Å². The highest BCUT2D eigenvalue weighted by atomic mass is 16.5. The van der Waals surface area contributed by atoms with E-state index >= 15 is 0 Å². The quantitative estimate of drug-likeness (QED) is 0.637. The molecule has 1 aliphatic rings. The van der Waals surface area contributed by atoms with Crippen LogP contribution < -0.4 is 0 Å². The smallest absolute Gasteiger partial charge is 0.337 e.